The van der Waals surface area contributed by atoms with Crippen LogP contribution in [0.4, 0.5) is 18.3 Å². The van der Waals surface area contributed by atoms with Crippen LogP contribution in [0.15, 0.2) is 16.6 Å². The van der Waals surface area contributed by atoms with E-state index in [1.54, 1.807) is 6.92 Å². The van der Waals surface area contributed by atoms with Crippen LogP contribution in [0.5, 0.6) is 0 Å². The second-order valence-corrected chi connectivity index (χ2v) is 5.60. The van der Waals surface area contributed by atoms with Crippen molar-refractivity contribution < 1.29 is 18.0 Å². The summed E-state index contributed by atoms with van der Waals surface area (Å²) in [5, 5.41) is 0.288. The lowest BCUT2D eigenvalue weighted by atomic mass is 10.2. The zero-order valence-electron chi connectivity index (χ0n) is 10.8. The Hall–Kier alpha value is -1.55. The number of carbonyl (C=O) groups is 1. The molecule has 0 atom stereocenters. The average molecular weight is 381 g/mol. The van der Waals surface area contributed by atoms with E-state index in [-0.39, 0.29) is 15.3 Å². The molecule has 0 aliphatic carbocycles. The Labute approximate surface area is 130 Å². The molecule has 0 aliphatic rings. The van der Waals surface area contributed by atoms with E-state index in [9.17, 15) is 18.0 Å². The first-order valence-corrected chi connectivity index (χ1v) is 7.09. The monoisotopic (exact) mass is 380 g/mol. The van der Waals surface area contributed by atoms with Crippen molar-refractivity contribution in [2.45, 2.75) is 13.1 Å². The fraction of sp³-hybridized carbons (Fsp3) is 0.273. The maximum Gasteiger partial charge on any atom is 0.434 e. The Bertz CT molecular complexity index is 688. The zero-order chi connectivity index (χ0) is 15.8. The molecule has 10 heteroatoms. The van der Waals surface area contributed by atoms with Gasteiger partial charge in [0.15, 0.2) is 5.69 Å². The first-order valence-electron chi connectivity index (χ1n) is 5.52. The smallest absolute Gasteiger partial charge is 0.285 e. The highest BCUT2D eigenvalue weighted by Gasteiger charge is 2.36. The Kier molecular flexibility index (Phi) is 4.28. The van der Waals surface area contributed by atoms with Gasteiger partial charge in [-0.15, -0.1) is 0 Å². The predicted molar refractivity (Wildman–Crippen MR) is 74.3 cm³/mol. The van der Waals surface area contributed by atoms with Crippen molar-refractivity contribution in [3.8, 4) is 0 Å². The number of rotatable bonds is 2. The van der Waals surface area contributed by atoms with E-state index in [2.05, 4.69) is 30.3 Å². The Morgan fingerprint density at radius 2 is 2.00 bits per heavy atom. The number of anilines is 1. The van der Waals surface area contributed by atoms with Crippen molar-refractivity contribution in [3.05, 3.63) is 33.8 Å². The molecule has 0 aliphatic heterocycles. The maximum atomic E-state index is 12.8. The van der Waals surface area contributed by atoms with Crippen molar-refractivity contribution in [2.75, 3.05) is 11.9 Å². The number of hydrogen-bond donors (Lipinski definition) is 0. The van der Waals surface area contributed by atoms with Crippen LogP contribution in [0.2, 0.25) is 0 Å². The van der Waals surface area contributed by atoms with Gasteiger partial charge < -0.3 is 0 Å². The average Bonchev–Trinajstić information content (AvgIpc) is 2.83. The third kappa shape index (κ3) is 3.38. The van der Waals surface area contributed by atoms with E-state index >= 15 is 0 Å². The molecule has 2 aromatic rings. The molecule has 0 fully saturated rings. The molecule has 5 nitrogen and oxygen atoms in total. The van der Waals surface area contributed by atoms with Gasteiger partial charge >= 0.3 is 6.18 Å². The molecular formula is C11H8BrF3N4OS. The number of hydrogen-bond acceptors (Lipinski definition) is 5. The Morgan fingerprint density at radius 3 is 2.52 bits per heavy atom. The van der Waals surface area contributed by atoms with Crippen LogP contribution in [-0.2, 0) is 6.18 Å². The number of aryl methyl sites for hydroxylation is 1. The second kappa shape index (κ2) is 5.68. The predicted octanol–water partition coefficient (Wildman–Crippen LogP) is 3.30. The summed E-state index contributed by atoms with van der Waals surface area (Å²) >= 11 is 3.75. The fourth-order valence-corrected chi connectivity index (χ4v) is 2.52. The normalized spacial score (nSPS) is 11.5. The number of alkyl halides is 3. The molecule has 0 N–H and O–H groups in total. The summed E-state index contributed by atoms with van der Waals surface area (Å²) in [6.07, 6.45) is -4.65. The van der Waals surface area contributed by atoms with E-state index in [1.165, 1.54) is 13.1 Å². The minimum Gasteiger partial charge on any atom is -0.285 e. The zero-order valence-corrected chi connectivity index (χ0v) is 13.2. The molecule has 0 saturated heterocycles. The van der Waals surface area contributed by atoms with Crippen LogP contribution in [0.3, 0.4) is 0 Å². The van der Waals surface area contributed by atoms with Gasteiger partial charge in [0.2, 0.25) is 5.13 Å². The Morgan fingerprint density at radius 1 is 1.33 bits per heavy atom. The third-order valence-electron chi connectivity index (χ3n) is 2.44. The molecule has 0 saturated carbocycles. The highest BCUT2D eigenvalue weighted by molar-refractivity contribution is 9.10. The van der Waals surface area contributed by atoms with Crippen LogP contribution in [-0.4, -0.2) is 27.3 Å². The molecule has 0 spiro atoms. The van der Waals surface area contributed by atoms with Gasteiger partial charge in [0.1, 0.15) is 11.5 Å². The van der Waals surface area contributed by atoms with E-state index in [0.717, 1.165) is 22.5 Å². The molecule has 112 valence electrons. The highest BCUT2D eigenvalue weighted by Crippen LogP contribution is 2.33. The van der Waals surface area contributed by atoms with Crippen LogP contribution in [0.25, 0.3) is 0 Å². The summed E-state index contributed by atoms with van der Waals surface area (Å²) in [6.45, 7) is 1.65. The summed E-state index contributed by atoms with van der Waals surface area (Å²) in [6, 6.07) is 2.36. The molecule has 2 aromatic heterocycles. The van der Waals surface area contributed by atoms with Gasteiger partial charge in [-0.3, -0.25) is 9.69 Å². The molecular weight excluding hydrogens is 373 g/mol. The quantitative estimate of drug-likeness (QED) is 0.801. The van der Waals surface area contributed by atoms with Crippen LogP contribution in [0.1, 0.15) is 22.0 Å². The summed E-state index contributed by atoms with van der Waals surface area (Å²) in [5.74, 6) is -0.210. The number of amides is 1. The molecule has 0 radical (unpaired) electrons. The van der Waals surface area contributed by atoms with E-state index in [4.69, 9.17) is 0 Å². The van der Waals surface area contributed by atoms with Crippen molar-refractivity contribution in [1.29, 1.82) is 0 Å². The number of pyridine rings is 1. The van der Waals surface area contributed by atoms with Gasteiger partial charge in [0, 0.05) is 23.1 Å². The number of carbonyl (C=O) groups excluding carboxylic acids is 1. The largest absolute Gasteiger partial charge is 0.434 e. The van der Waals surface area contributed by atoms with Crippen molar-refractivity contribution in [3.63, 3.8) is 0 Å². The van der Waals surface area contributed by atoms with Gasteiger partial charge in [0.05, 0.1) is 0 Å². The second-order valence-electron chi connectivity index (χ2n) is 4.01. The summed E-state index contributed by atoms with van der Waals surface area (Å²) in [5.41, 5.74) is -1.46. The van der Waals surface area contributed by atoms with Crippen molar-refractivity contribution in [1.82, 2.24) is 14.3 Å². The van der Waals surface area contributed by atoms with E-state index in [0.29, 0.717) is 5.82 Å². The highest BCUT2D eigenvalue weighted by atomic mass is 79.9. The fourth-order valence-electron chi connectivity index (χ4n) is 1.44. The van der Waals surface area contributed by atoms with Gasteiger partial charge in [-0.1, -0.05) is 0 Å². The van der Waals surface area contributed by atoms with Crippen LogP contribution < -0.4 is 4.90 Å². The summed E-state index contributed by atoms with van der Waals surface area (Å²) in [4.78, 5) is 20.7. The van der Waals surface area contributed by atoms with Crippen molar-refractivity contribution >= 4 is 38.5 Å². The molecule has 2 rings (SSSR count). The van der Waals surface area contributed by atoms with Crippen LogP contribution in [0, 0.1) is 6.92 Å². The lowest BCUT2D eigenvalue weighted by molar-refractivity contribution is -0.141. The third-order valence-corrected chi connectivity index (χ3v) is 3.97. The van der Waals surface area contributed by atoms with E-state index < -0.39 is 17.8 Å². The summed E-state index contributed by atoms with van der Waals surface area (Å²) in [7, 11) is 1.40. The molecule has 21 heavy (non-hydrogen) atoms. The minimum atomic E-state index is -4.65. The molecule has 0 aromatic carbocycles. The molecule has 0 unspecified atom stereocenters. The molecule has 2 heterocycles. The maximum absolute atomic E-state index is 12.8. The minimum absolute atomic E-state index is 0.221. The lowest BCUT2D eigenvalue weighted by Crippen LogP contribution is -2.28. The van der Waals surface area contributed by atoms with Crippen molar-refractivity contribution in [2.24, 2.45) is 0 Å². The first kappa shape index (κ1) is 15.8. The topological polar surface area (TPSA) is 59.0 Å². The van der Waals surface area contributed by atoms with Crippen LogP contribution >= 0.6 is 27.5 Å². The van der Waals surface area contributed by atoms with Gasteiger partial charge in [-0.05, 0) is 35.0 Å². The number of aromatic nitrogens is 3. The van der Waals surface area contributed by atoms with Gasteiger partial charge in [-0.2, -0.15) is 17.5 Å². The number of nitrogens with zero attached hydrogens (tertiary/aromatic N) is 4. The molecule has 1 amide bonds. The van der Waals surface area contributed by atoms with E-state index in [1.807, 2.05) is 0 Å². The number of halogens is 4. The standard InChI is InChI=1S/C11H8BrF3N4OS/c1-5-16-10(21-18-5)19(2)9(20)7-4-3-6(12)8(17-7)11(13,14)15/h3-4H,1-2H3. The van der Waals surface area contributed by atoms with Gasteiger partial charge in [0.25, 0.3) is 5.91 Å². The molecule has 0 bridgehead atoms. The Balaban J connectivity index is 2.36. The lowest BCUT2D eigenvalue weighted by Gasteiger charge is -2.14. The summed E-state index contributed by atoms with van der Waals surface area (Å²) < 4.78 is 42.0. The first-order chi connectivity index (χ1) is 9.70. The van der Waals surface area contributed by atoms with Gasteiger partial charge in [-0.25, -0.2) is 9.97 Å². The SMILES string of the molecule is Cc1nsc(N(C)C(=O)c2ccc(Br)c(C(F)(F)F)n2)n1.